The van der Waals surface area contributed by atoms with Crippen molar-refractivity contribution in [1.82, 2.24) is 10.2 Å². The Labute approximate surface area is 119 Å². The van der Waals surface area contributed by atoms with Crippen molar-refractivity contribution < 1.29 is 23.1 Å². The number of carbonyl (C=O) groups is 2. The molecule has 116 valence electrons. The molecule has 0 aliphatic carbocycles. The first-order chi connectivity index (χ1) is 9.25. The number of carbonyl (C=O) groups excluding carboxylic acids is 1. The summed E-state index contributed by atoms with van der Waals surface area (Å²) in [6, 6.07) is -1.21. The van der Waals surface area contributed by atoms with Crippen LogP contribution in [0.5, 0.6) is 0 Å². The SMILES string of the molecule is CCN(C(=O)NC1CCCS(=O)(=O)C1)C(C)CC(=O)O. The third-order valence-corrected chi connectivity index (χ3v) is 5.22. The molecule has 1 saturated heterocycles. The quantitative estimate of drug-likeness (QED) is 0.768. The molecule has 0 aromatic carbocycles. The Balaban J connectivity index is 2.61. The van der Waals surface area contributed by atoms with Gasteiger partial charge in [0.05, 0.1) is 17.9 Å². The number of amides is 2. The lowest BCUT2D eigenvalue weighted by molar-refractivity contribution is -0.138. The van der Waals surface area contributed by atoms with Crippen LogP contribution in [0.25, 0.3) is 0 Å². The Morgan fingerprint density at radius 1 is 1.45 bits per heavy atom. The number of sulfone groups is 1. The molecular weight excluding hydrogens is 284 g/mol. The molecule has 0 aromatic heterocycles. The number of carboxylic acids is 1. The number of aliphatic carboxylic acids is 1. The lowest BCUT2D eigenvalue weighted by atomic mass is 10.2. The average molecular weight is 306 g/mol. The van der Waals surface area contributed by atoms with E-state index in [0.29, 0.717) is 19.4 Å². The van der Waals surface area contributed by atoms with Crippen LogP contribution < -0.4 is 5.32 Å². The van der Waals surface area contributed by atoms with E-state index in [1.807, 2.05) is 0 Å². The largest absolute Gasteiger partial charge is 0.481 e. The molecule has 2 N–H and O–H groups in total. The molecule has 1 fully saturated rings. The van der Waals surface area contributed by atoms with Crippen LogP contribution in [0.15, 0.2) is 0 Å². The molecular formula is C12H22N2O5S. The molecule has 20 heavy (non-hydrogen) atoms. The maximum absolute atomic E-state index is 12.1. The van der Waals surface area contributed by atoms with Crippen molar-refractivity contribution in [3.63, 3.8) is 0 Å². The molecule has 2 unspecified atom stereocenters. The van der Waals surface area contributed by atoms with E-state index in [1.54, 1.807) is 13.8 Å². The second kappa shape index (κ2) is 6.92. The minimum absolute atomic E-state index is 0.0381. The number of nitrogens with zero attached hydrogens (tertiary/aromatic N) is 1. The van der Waals surface area contributed by atoms with E-state index in [4.69, 9.17) is 5.11 Å². The molecule has 0 bridgehead atoms. The number of carboxylic acid groups (broad SMARTS) is 1. The van der Waals surface area contributed by atoms with Gasteiger partial charge in [-0.05, 0) is 26.7 Å². The highest BCUT2D eigenvalue weighted by Gasteiger charge is 2.28. The summed E-state index contributed by atoms with van der Waals surface area (Å²) < 4.78 is 23.0. The Morgan fingerprint density at radius 3 is 2.60 bits per heavy atom. The van der Waals surface area contributed by atoms with Gasteiger partial charge in [0.1, 0.15) is 0 Å². The van der Waals surface area contributed by atoms with E-state index in [1.165, 1.54) is 4.90 Å². The standard InChI is InChI=1S/C12H22N2O5S/c1-3-14(9(2)7-11(15)16)12(17)13-10-5-4-6-20(18,19)8-10/h9-10H,3-8H2,1-2H3,(H,13,17)(H,15,16). The van der Waals surface area contributed by atoms with Crippen molar-refractivity contribution >= 4 is 21.8 Å². The third-order valence-electron chi connectivity index (χ3n) is 3.39. The zero-order chi connectivity index (χ0) is 15.3. The van der Waals surface area contributed by atoms with Crippen LogP contribution in [-0.2, 0) is 14.6 Å². The minimum atomic E-state index is -3.08. The molecule has 0 spiro atoms. The highest BCUT2D eigenvalue weighted by Crippen LogP contribution is 2.13. The summed E-state index contributed by atoms with van der Waals surface area (Å²) in [5, 5.41) is 11.5. The number of rotatable bonds is 5. The fraction of sp³-hybridized carbons (Fsp3) is 0.833. The summed E-state index contributed by atoms with van der Waals surface area (Å²) in [6.45, 7) is 3.80. The van der Waals surface area contributed by atoms with E-state index in [0.717, 1.165) is 0 Å². The smallest absolute Gasteiger partial charge is 0.317 e. The maximum Gasteiger partial charge on any atom is 0.317 e. The fourth-order valence-electron chi connectivity index (χ4n) is 2.41. The van der Waals surface area contributed by atoms with E-state index in [-0.39, 0.29) is 24.0 Å². The van der Waals surface area contributed by atoms with Crippen molar-refractivity contribution in [2.75, 3.05) is 18.1 Å². The molecule has 1 heterocycles. The van der Waals surface area contributed by atoms with Crippen molar-refractivity contribution in [3.8, 4) is 0 Å². The van der Waals surface area contributed by atoms with Gasteiger partial charge in [-0.25, -0.2) is 13.2 Å². The predicted octanol–water partition coefficient (Wildman–Crippen LogP) is 0.458. The van der Waals surface area contributed by atoms with E-state index < -0.39 is 27.9 Å². The number of urea groups is 1. The first-order valence-corrected chi connectivity index (χ1v) is 8.56. The van der Waals surface area contributed by atoms with Gasteiger partial charge in [0.2, 0.25) is 0 Å². The van der Waals surface area contributed by atoms with Crippen molar-refractivity contribution in [2.24, 2.45) is 0 Å². The Kier molecular flexibility index (Phi) is 5.79. The monoisotopic (exact) mass is 306 g/mol. The maximum atomic E-state index is 12.1. The normalized spacial score (nSPS) is 22.8. The lowest BCUT2D eigenvalue weighted by Crippen LogP contribution is -2.51. The van der Waals surface area contributed by atoms with Gasteiger partial charge in [0.15, 0.2) is 9.84 Å². The number of nitrogens with one attached hydrogen (secondary N) is 1. The summed E-state index contributed by atoms with van der Waals surface area (Å²) in [5.74, 6) is -0.834. The Hall–Kier alpha value is -1.31. The summed E-state index contributed by atoms with van der Waals surface area (Å²) in [7, 11) is -3.08. The molecule has 2 atom stereocenters. The fourth-order valence-corrected chi connectivity index (χ4v) is 4.05. The molecule has 0 radical (unpaired) electrons. The topological polar surface area (TPSA) is 104 Å². The van der Waals surface area contributed by atoms with E-state index >= 15 is 0 Å². The van der Waals surface area contributed by atoms with Crippen LogP contribution in [0.1, 0.15) is 33.1 Å². The Bertz CT molecular complexity index is 462. The van der Waals surface area contributed by atoms with Crippen LogP contribution >= 0.6 is 0 Å². The van der Waals surface area contributed by atoms with Crippen molar-refractivity contribution in [1.29, 1.82) is 0 Å². The minimum Gasteiger partial charge on any atom is -0.481 e. The molecule has 1 aliphatic heterocycles. The van der Waals surface area contributed by atoms with Gasteiger partial charge >= 0.3 is 12.0 Å². The van der Waals surface area contributed by atoms with Crippen LogP contribution in [0.3, 0.4) is 0 Å². The van der Waals surface area contributed by atoms with Gasteiger partial charge in [-0.1, -0.05) is 0 Å². The number of hydrogen-bond donors (Lipinski definition) is 2. The highest BCUT2D eigenvalue weighted by atomic mass is 32.2. The average Bonchev–Trinajstić information content (AvgIpc) is 2.26. The molecule has 8 heteroatoms. The summed E-state index contributed by atoms with van der Waals surface area (Å²) in [6.07, 6.45) is 1.05. The zero-order valence-electron chi connectivity index (χ0n) is 11.8. The molecule has 7 nitrogen and oxygen atoms in total. The highest BCUT2D eigenvalue weighted by molar-refractivity contribution is 7.91. The third kappa shape index (κ3) is 4.99. The molecule has 1 aliphatic rings. The van der Waals surface area contributed by atoms with Crippen LogP contribution in [0.2, 0.25) is 0 Å². The summed E-state index contributed by atoms with van der Waals surface area (Å²) >= 11 is 0. The van der Waals surface area contributed by atoms with Gasteiger partial charge in [-0.3, -0.25) is 4.79 Å². The second-order valence-corrected chi connectivity index (χ2v) is 7.36. The molecule has 0 aromatic rings. The van der Waals surface area contributed by atoms with Gasteiger partial charge in [0.25, 0.3) is 0 Å². The van der Waals surface area contributed by atoms with E-state index in [2.05, 4.69) is 5.32 Å². The predicted molar refractivity (Wildman–Crippen MR) is 74.3 cm³/mol. The summed E-state index contributed by atoms with van der Waals surface area (Å²) in [5.41, 5.74) is 0. The summed E-state index contributed by atoms with van der Waals surface area (Å²) in [4.78, 5) is 24.2. The molecule has 0 saturated carbocycles. The van der Waals surface area contributed by atoms with Gasteiger partial charge in [0, 0.05) is 18.6 Å². The number of hydrogen-bond acceptors (Lipinski definition) is 4. The van der Waals surface area contributed by atoms with Crippen molar-refractivity contribution in [2.45, 2.75) is 45.2 Å². The van der Waals surface area contributed by atoms with Gasteiger partial charge in [-0.2, -0.15) is 0 Å². The van der Waals surface area contributed by atoms with Gasteiger partial charge < -0.3 is 15.3 Å². The van der Waals surface area contributed by atoms with Crippen LogP contribution in [-0.4, -0.2) is 60.6 Å². The second-order valence-electron chi connectivity index (χ2n) is 5.14. The van der Waals surface area contributed by atoms with E-state index in [9.17, 15) is 18.0 Å². The van der Waals surface area contributed by atoms with Crippen LogP contribution in [0.4, 0.5) is 4.79 Å². The first-order valence-electron chi connectivity index (χ1n) is 6.74. The zero-order valence-corrected chi connectivity index (χ0v) is 12.6. The lowest BCUT2D eigenvalue weighted by Gasteiger charge is -2.30. The molecule has 2 amide bonds. The van der Waals surface area contributed by atoms with Gasteiger partial charge in [-0.15, -0.1) is 0 Å². The van der Waals surface area contributed by atoms with Crippen LogP contribution in [0, 0.1) is 0 Å². The Morgan fingerprint density at radius 2 is 2.10 bits per heavy atom. The van der Waals surface area contributed by atoms with Crippen molar-refractivity contribution in [3.05, 3.63) is 0 Å². The first kappa shape index (κ1) is 16.7. The molecule has 1 rings (SSSR count).